The lowest BCUT2D eigenvalue weighted by atomic mass is 10.1. The average molecular weight is 398 g/mol. The fourth-order valence-electron chi connectivity index (χ4n) is 3.18. The summed E-state index contributed by atoms with van der Waals surface area (Å²) in [6.07, 6.45) is -4.83. The molecule has 1 amide bonds. The number of amides is 1. The zero-order valence-electron chi connectivity index (χ0n) is 15.0. The molecular formula is C18H18F4N4O2. The predicted molar refractivity (Wildman–Crippen MR) is 93.4 cm³/mol. The van der Waals surface area contributed by atoms with Crippen molar-refractivity contribution in [2.24, 2.45) is 0 Å². The van der Waals surface area contributed by atoms with E-state index in [4.69, 9.17) is 0 Å². The number of nitrogens with zero attached hydrogens (tertiary/aromatic N) is 3. The fraction of sp³-hybridized carbons (Fsp3) is 0.389. The fourth-order valence-corrected chi connectivity index (χ4v) is 3.18. The maximum atomic E-state index is 13.2. The summed E-state index contributed by atoms with van der Waals surface area (Å²) in [5, 5.41) is 5.58. The minimum atomic E-state index is -4.56. The molecule has 1 saturated heterocycles. The third-order valence-electron chi connectivity index (χ3n) is 4.64. The van der Waals surface area contributed by atoms with E-state index in [1.807, 2.05) is 5.10 Å². The van der Waals surface area contributed by atoms with Gasteiger partial charge in [-0.2, -0.15) is 18.3 Å². The molecule has 0 bridgehead atoms. The van der Waals surface area contributed by atoms with Crippen molar-refractivity contribution in [1.82, 2.24) is 15.1 Å². The number of piperazine rings is 1. The van der Waals surface area contributed by atoms with Gasteiger partial charge in [0.05, 0.1) is 30.4 Å². The monoisotopic (exact) mass is 398 g/mol. The highest BCUT2D eigenvalue weighted by atomic mass is 19.4. The van der Waals surface area contributed by atoms with E-state index in [2.05, 4.69) is 5.10 Å². The maximum Gasteiger partial charge on any atom is 0.393 e. The number of aryl methyl sites for hydroxylation is 1. The number of carbonyl (C=O) groups excluding carboxylic acids is 1. The van der Waals surface area contributed by atoms with Gasteiger partial charge < -0.3 is 9.80 Å². The van der Waals surface area contributed by atoms with Gasteiger partial charge in [-0.1, -0.05) is 6.07 Å². The molecule has 0 unspecified atom stereocenters. The van der Waals surface area contributed by atoms with Crippen molar-refractivity contribution in [2.45, 2.75) is 26.1 Å². The van der Waals surface area contributed by atoms with E-state index in [9.17, 15) is 27.2 Å². The second-order valence-electron chi connectivity index (χ2n) is 6.66. The highest BCUT2D eigenvalue weighted by molar-refractivity contribution is 5.83. The number of hydrogen-bond acceptors (Lipinski definition) is 4. The minimum absolute atomic E-state index is 0.00652. The Balaban J connectivity index is 1.76. The van der Waals surface area contributed by atoms with Crippen molar-refractivity contribution in [1.29, 1.82) is 0 Å². The van der Waals surface area contributed by atoms with Crippen LogP contribution >= 0.6 is 0 Å². The Bertz CT molecular complexity index is 942. The number of anilines is 1. The first-order valence-corrected chi connectivity index (χ1v) is 8.55. The molecule has 0 aliphatic carbocycles. The summed E-state index contributed by atoms with van der Waals surface area (Å²) in [4.78, 5) is 27.4. The van der Waals surface area contributed by atoms with Gasteiger partial charge in [0.2, 0.25) is 5.91 Å². The Morgan fingerprint density at radius 1 is 1.21 bits per heavy atom. The first-order valence-electron chi connectivity index (χ1n) is 8.55. The van der Waals surface area contributed by atoms with Gasteiger partial charge in [0.1, 0.15) is 5.82 Å². The largest absolute Gasteiger partial charge is 0.393 e. The smallest absolute Gasteiger partial charge is 0.359 e. The zero-order valence-corrected chi connectivity index (χ0v) is 15.0. The molecule has 0 spiro atoms. The maximum absolute atomic E-state index is 13.2. The molecule has 6 nitrogen and oxygen atoms in total. The molecule has 2 heterocycles. The molecule has 28 heavy (non-hydrogen) atoms. The van der Waals surface area contributed by atoms with Crippen molar-refractivity contribution in [2.75, 3.05) is 24.5 Å². The Morgan fingerprint density at radius 2 is 1.96 bits per heavy atom. The van der Waals surface area contributed by atoms with Gasteiger partial charge in [0.15, 0.2) is 0 Å². The number of rotatable bonds is 4. The number of H-pyrrole nitrogens is 1. The number of alkyl halides is 3. The van der Waals surface area contributed by atoms with E-state index >= 15 is 0 Å². The van der Waals surface area contributed by atoms with Crippen molar-refractivity contribution in [3.63, 3.8) is 0 Å². The van der Waals surface area contributed by atoms with Crippen molar-refractivity contribution >= 4 is 11.6 Å². The molecule has 3 rings (SSSR count). The van der Waals surface area contributed by atoms with Crippen molar-refractivity contribution in [3.8, 4) is 0 Å². The molecule has 2 aromatic rings. The Labute approximate surface area is 157 Å². The minimum Gasteiger partial charge on any atom is -0.359 e. The van der Waals surface area contributed by atoms with E-state index in [1.54, 1.807) is 17.9 Å². The normalized spacial score (nSPS) is 15.2. The van der Waals surface area contributed by atoms with E-state index in [1.165, 1.54) is 17.0 Å². The van der Waals surface area contributed by atoms with E-state index in [0.29, 0.717) is 5.56 Å². The molecule has 1 aromatic heterocycles. The van der Waals surface area contributed by atoms with Crippen LogP contribution in [0.15, 0.2) is 29.2 Å². The summed E-state index contributed by atoms with van der Waals surface area (Å²) in [6.45, 7) is 2.36. The zero-order chi connectivity index (χ0) is 20.5. The number of aromatic amines is 1. The van der Waals surface area contributed by atoms with Gasteiger partial charge in [0, 0.05) is 19.6 Å². The van der Waals surface area contributed by atoms with Gasteiger partial charge in [-0.05, 0) is 30.2 Å². The molecule has 10 heteroatoms. The lowest BCUT2D eigenvalue weighted by Gasteiger charge is -2.36. The summed E-state index contributed by atoms with van der Waals surface area (Å²) in [6, 6.07) is 4.29. The van der Waals surface area contributed by atoms with Crippen LogP contribution in [0.4, 0.5) is 23.2 Å². The summed E-state index contributed by atoms with van der Waals surface area (Å²) in [5.74, 6) is -0.662. The van der Waals surface area contributed by atoms with Gasteiger partial charge in [0.25, 0.3) is 5.56 Å². The van der Waals surface area contributed by atoms with Gasteiger partial charge >= 0.3 is 6.18 Å². The standard InChI is InChI=1S/C18H18F4N4O2/c1-11-6-13(19)3-2-12(11)9-26-5-4-25(10-16(26)27)15-8-23-24-17(28)14(15)7-18(20,21)22/h2-3,6,8H,4-5,7,9-10H2,1H3,(H,24,28). The van der Waals surface area contributed by atoms with E-state index < -0.39 is 23.7 Å². The van der Waals surface area contributed by atoms with Crippen LogP contribution in [0.25, 0.3) is 0 Å². The predicted octanol–water partition coefficient (Wildman–Crippen LogP) is 2.17. The first kappa shape index (κ1) is 19.8. The Morgan fingerprint density at radius 3 is 2.61 bits per heavy atom. The van der Waals surface area contributed by atoms with Gasteiger partial charge in [-0.25, -0.2) is 9.49 Å². The quantitative estimate of drug-likeness (QED) is 0.802. The molecule has 150 valence electrons. The summed E-state index contributed by atoms with van der Waals surface area (Å²) < 4.78 is 51.7. The number of hydrogen-bond donors (Lipinski definition) is 1. The number of benzene rings is 1. The molecule has 1 aromatic carbocycles. The average Bonchev–Trinajstić information content (AvgIpc) is 2.59. The van der Waals surface area contributed by atoms with Crippen LogP contribution < -0.4 is 10.5 Å². The van der Waals surface area contributed by atoms with Crippen LogP contribution in [-0.2, 0) is 17.8 Å². The van der Waals surface area contributed by atoms with Crippen LogP contribution in [0.1, 0.15) is 16.7 Å². The Hall–Kier alpha value is -2.91. The summed E-state index contributed by atoms with van der Waals surface area (Å²) in [7, 11) is 0. The molecule has 0 saturated carbocycles. The second kappa shape index (κ2) is 7.61. The molecule has 1 N–H and O–H groups in total. The van der Waals surface area contributed by atoms with Crippen LogP contribution in [0.3, 0.4) is 0 Å². The topological polar surface area (TPSA) is 69.3 Å². The molecule has 0 atom stereocenters. The number of carbonyl (C=O) groups is 1. The molecule has 1 aliphatic heterocycles. The number of nitrogens with one attached hydrogen (secondary N) is 1. The van der Waals surface area contributed by atoms with Gasteiger partial charge in [-0.15, -0.1) is 0 Å². The van der Waals surface area contributed by atoms with Crippen LogP contribution in [0.5, 0.6) is 0 Å². The first-order chi connectivity index (χ1) is 13.1. The van der Waals surface area contributed by atoms with E-state index in [-0.39, 0.29) is 43.6 Å². The second-order valence-corrected chi connectivity index (χ2v) is 6.66. The van der Waals surface area contributed by atoms with Gasteiger partial charge in [-0.3, -0.25) is 9.59 Å². The summed E-state index contributed by atoms with van der Waals surface area (Å²) >= 11 is 0. The van der Waals surface area contributed by atoms with Crippen molar-refractivity contribution in [3.05, 3.63) is 57.3 Å². The lowest BCUT2D eigenvalue weighted by Crippen LogP contribution is -2.50. The molecule has 0 radical (unpaired) electrons. The SMILES string of the molecule is Cc1cc(F)ccc1CN1CCN(c2cn[nH]c(=O)c2CC(F)(F)F)CC1=O. The lowest BCUT2D eigenvalue weighted by molar-refractivity contribution is -0.131. The Kier molecular flexibility index (Phi) is 5.39. The molecule has 1 fully saturated rings. The van der Waals surface area contributed by atoms with Crippen LogP contribution in [-0.4, -0.2) is 46.8 Å². The summed E-state index contributed by atoms with van der Waals surface area (Å²) in [5.41, 5.74) is 0.122. The highest BCUT2D eigenvalue weighted by Crippen LogP contribution is 2.26. The number of halogens is 4. The molecular weight excluding hydrogens is 380 g/mol. The highest BCUT2D eigenvalue weighted by Gasteiger charge is 2.33. The third kappa shape index (κ3) is 4.49. The number of aromatic nitrogens is 2. The third-order valence-corrected chi connectivity index (χ3v) is 4.64. The van der Waals surface area contributed by atoms with Crippen LogP contribution in [0, 0.1) is 12.7 Å². The van der Waals surface area contributed by atoms with Crippen LogP contribution in [0.2, 0.25) is 0 Å². The van der Waals surface area contributed by atoms with E-state index in [0.717, 1.165) is 11.8 Å². The molecule has 1 aliphatic rings. The van der Waals surface area contributed by atoms with Crippen molar-refractivity contribution < 1.29 is 22.4 Å².